The molecule has 0 saturated heterocycles. The third kappa shape index (κ3) is 2.31. The maximum absolute atomic E-state index is 11.8. The molecule has 3 heteroatoms. The lowest BCUT2D eigenvalue weighted by Gasteiger charge is -2.01. The Kier molecular flexibility index (Phi) is 3.36. The number of rotatable bonds is 1. The van der Waals surface area contributed by atoms with Gasteiger partial charge in [-0.05, 0) is 42.2 Å². The zero-order valence-corrected chi connectivity index (χ0v) is 10.5. The molecule has 0 spiro atoms. The molecular formula is C13H12Cl2O. The van der Waals surface area contributed by atoms with Gasteiger partial charge in [0.25, 0.3) is 0 Å². The minimum absolute atomic E-state index is 0.150. The third-order valence-electron chi connectivity index (χ3n) is 2.90. The highest BCUT2D eigenvalue weighted by atomic mass is 35.5. The van der Waals surface area contributed by atoms with Gasteiger partial charge in [-0.1, -0.05) is 36.2 Å². The molecule has 1 saturated carbocycles. The highest BCUT2D eigenvalue weighted by Gasteiger charge is 2.25. The van der Waals surface area contributed by atoms with E-state index in [9.17, 15) is 4.79 Å². The molecule has 1 unspecified atom stereocenters. The molecule has 0 N–H and O–H groups in total. The van der Waals surface area contributed by atoms with Gasteiger partial charge in [-0.15, -0.1) is 0 Å². The Morgan fingerprint density at radius 1 is 1.38 bits per heavy atom. The zero-order valence-electron chi connectivity index (χ0n) is 8.97. The Morgan fingerprint density at radius 2 is 2.12 bits per heavy atom. The molecule has 84 valence electrons. The molecule has 0 radical (unpaired) electrons. The summed E-state index contributed by atoms with van der Waals surface area (Å²) in [6.45, 7) is 1.96. The van der Waals surface area contributed by atoms with Crippen LogP contribution >= 0.6 is 23.2 Å². The first-order valence-electron chi connectivity index (χ1n) is 5.28. The van der Waals surface area contributed by atoms with Crippen LogP contribution in [0.25, 0.3) is 6.08 Å². The number of hydrogen-bond acceptors (Lipinski definition) is 1. The van der Waals surface area contributed by atoms with Crippen LogP contribution in [0.5, 0.6) is 0 Å². The standard InChI is InChI=1S/C13H12Cl2O/c1-8-2-3-10(13(8)16)6-9-4-5-11(14)7-12(9)15/h4-8H,2-3H2,1H3. The van der Waals surface area contributed by atoms with E-state index >= 15 is 0 Å². The van der Waals surface area contributed by atoms with Gasteiger partial charge >= 0.3 is 0 Å². The predicted molar refractivity (Wildman–Crippen MR) is 67.8 cm³/mol. The summed E-state index contributed by atoms with van der Waals surface area (Å²) in [5.41, 5.74) is 1.74. The monoisotopic (exact) mass is 254 g/mol. The van der Waals surface area contributed by atoms with Crippen LogP contribution in [0.2, 0.25) is 10.0 Å². The van der Waals surface area contributed by atoms with Crippen molar-refractivity contribution in [3.05, 3.63) is 39.4 Å². The van der Waals surface area contributed by atoms with E-state index in [1.54, 1.807) is 12.1 Å². The average Bonchev–Trinajstić information content (AvgIpc) is 2.54. The normalized spacial score (nSPS) is 23.1. The maximum Gasteiger partial charge on any atom is 0.161 e. The van der Waals surface area contributed by atoms with Gasteiger partial charge in [-0.2, -0.15) is 0 Å². The van der Waals surface area contributed by atoms with Crippen molar-refractivity contribution >= 4 is 35.1 Å². The molecule has 1 aromatic rings. The quantitative estimate of drug-likeness (QED) is 0.681. The Bertz CT molecular complexity index is 463. The summed E-state index contributed by atoms with van der Waals surface area (Å²) < 4.78 is 0. The van der Waals surface area contributed by atoms with Gasteiger partial charge in [-0.3, -0.25) is 4.79 Å². The van der Waals surface area contributed by atoms with Gasteiger partial charge in [0, 0.05) is 16.0 Å². The van der Waals surface area contributed by atoms with Crippen LogP contribution in [0.3, 0.4) is 0 Å². The number of Topliss-reactive ketones (excluding diaryl/α,β-unsaturated/α-hetero) is 1. The van der Waals surface area contributed by atoms with Gasteiger partial charge in [0.1, 0.15) is 0 Å². The Balaban J connectivity index is 2.33. The minimum atomic E-state index is 0.150. The molecule has 0 bridgehead atoms. The van der Waals surface area contributed by atoms with Crippen LogP contribution < -0.4 is 0 Å². The summed E-state index contributed by atoms with van der Waals surface area (Å²) in [5, 5.41) is 1.20. The van der Waals surface area contributed by atoms with Crippen molar-refractivity contribution in [1.29, 1.82) is 0 Å². The second-order valence-corrected chi connectivity index (χ2v) is 4.98. The van der Waals surface area contributed by atoms with Crippen molar-refractivity contribution in [1.82, 2.24) is 0 Å². The highest BCUT2D eigenvalue weighted by Crippen LogP contribution is 2.30. The highest BCUT2D eigenvalue weighted by molar-refractivity contribution is 6.35. The second kappa shape index (κ2) is 4.60. The number of hydrogen-bond donors (Lipinski definition) is 0. The smallest absolute Gasteiger partial charge is 0.161 e. The molecule has 1 aromatic carbocycles. The van der Waals surface area contributed by atoms with Crippen molar-refractivity contribution in [2.75, 3.05) is 0 Å². The molecule has 1 atom stereocenters. The van der Waals surface area contributed by atoms with E-state index in [2.05, 4.69) is 0 Å². The number of ketones is 1. The number of carbonyl (C=O) groups excluding carboxylic acids is 1. The largest absolute Gasteiger partial charge is 0.294 e. The van der Waals surface area contributed by atoms with Gasteiger partial charge in [0.2, 0.25) is 0 Å². The number of halogens is 2. The topological polar surface area (TPSA) is 17.1 Å². The average molecular weight is 255 g/mol. The van der Waals surface area contributed by atoms with E-state index in [4.69, 9.17) is 23.2 Å². The molecular weight excluding hydrogens is 243 g/mol. The van der Waals surface area contributed by atoms with Crippen molar-refractivity contribution in [2.45, 2.75) is 19.8 Å². The molecule has 1 nitrogen and oxygen atoms in total. The van der Waals surface area contributed by atoms with Crippen LogP contribution in [-0.4, -0.2) is 5.78 Å². The minimum Gasteiger partial charge on any atom is -0.294 e. The van der Waals surface area contributed by atoms with Gasteiger partial charge < -0.3 is 0 Å². The molecule has 0 amide bonds. The van der Waals surface area contributed by atoms with E-state index in [1.807, 2.05) is 19.1 Å². The van der Waals surface area contributed by atoms with Crippen LogP contribution in [-0.2, 0) is 4.79 Å². The van der Waals surface area contributed by atoms with Crippen molar-refractivity contribution in [2.24, 2.45) is 5.92 Å². The van der Waals surface area contributed by atoms with Crippen molar-refractivity contribution in [3.63, 3.8) is 0 Å². The fraction of sp³-hybridized carbons (Fsp3) is 0.308. The first-order valence-corrected chi connectivity index (χ1v) is 6.03. The van der Waals surface area contributed by atoms with Crippen molar-refractivity contribution in [3.8, 4) is 0 Å². The maximum atomic E-state index is 11.8. The SMILES string of the molecule is CC1CCC(=Cc2ccc(Cl)cc2Cl)C1=O. The molecule has 0 aromatic heterocycles. The first kappa shape index (κ1) is 11.7. The summed E-state index contributed by atoms with van der Waals surface area (Å²) in [5.74, 6) is 0.392. The number of carbonyl (C=O) groups is 1. The summed E-state index contributed by atoms with van der Waals surface area (Å²) in [6, 6.07) is 5.31. The lowest BCUT2D eigenvalue weighted by molar-refractivity contribution is -0.117. The number of benzene rings is 1. The van der Waals surface area contributed by atoms with Crippen LogP contribution in [0.1, 0.15) is 25.3 Å². The lowest BCUT2D eigenvalue weighted by atomic mass is 10.1. The molecule has 1 aliphatic rings. The van der Waals surface area contributed by atoms with E-state index in [0.717, 1.165) is 24.0 Å². The second-order valence-electron chi connectivity index (χ2n) is 4.14. The van der Waals surface area contributed by atoms with E-state index in [-0.39, 0.29) is 11.7 Å². The van der Waals surface area contributed by atoms with Crippen LogP contribution in [0.15, 0.2) is 23.8 Å². The summed E-state index contributed by atoms with van der Waals surface area (Å²) in [4.78, 5) is 11.8. The molecule has 1 fully saturated rings. The van der Waals surface area contributed by atoms with Crippen LogP contribution in [0.4, 0.5) is 0 Å². The van der Waals surface area contributed by atoms with Crippen LogP contribution in [0, 0.1) is 5.92 Å². The Hall–Kier alpha value is -0.790. The van der Waals surface area contributed by atoms with Gasteiger partial charge in [-0.25, -0.2) is 0 Å². The fourth-order valence-electron chi connectivity index (χ4n) is 1.89. The Labute approximate surface area is 105 Å². The molecule has 0 aliphatic heterocycles. The van der Waals surface area contributed by atoms with Gasteiger partial charge in [0.15, 0.2) is 5.78 Å². The summed E-state index contributed by atoms with van der Waals surface area (Å²) in [7, 11) is 0. The fourth-order valence-corrected chi connectivity index (χ4v) is 2.36. The van der Waals surface area contributed by atoms with E-state index < -0.39 is 0 Å². The predicted octanol–water partition coefficient (Wildman–Crippen LogP) is 4.38. The zero-order chi connectivity index (χ0) is 11.7. The number of allylic oxidation sites excluding steroid dienone is 1. The first-order chi connectivity index (χ1) is 7.58. The summed E-state index contributed by atoms with van der Waals surface area (Å²) >= 11 is 11.9. The third-order valence-corrected chi connectivity index (χ3v) is 3.47. The molecule has 1 aliphatic carbocycles. The lowest BCUT2D eigenvalue weighted by Crippen LogP contribution is -2.02. The van der Waals surface area contributed by atoms with E-state index in [0.29, 0.717) is 10.0 Å². The summed E-state index contributed by atoms with van der Waals surface area (Å²) in [6.07, 6.45) is 3.67. The van der Waals surface area contributed by atoms with Gasteiger partial charge in [0.05, 0.1) is 0 Å². The van der Waals surface area contributed by atoms with Crippen molar-refractivity contribution < 1.29 is 4.79 Å². The molecule has 0 heterocycles. The molecule has 2 rings (SSSR count). The van der Waals surface area contributed by atoms with E-state index in [1.165, 1.54) is 0 Å². The Morgan fingerprint density at radius 3 is 2.69 bits per heavy atom. The molecule has 16 heavy (non-hydrogen) atoms.